The number of nitrogens with zero attached hydrogens (tertiary/aromatic N) is 2. The van der Waals surface area contributed by atoms with Gasteiger partial charge in [-0.2, -0.15) is 4.98 Å². The molecule has 0 aliphatic rings. The Hall–Kier alpha value is -3.07. The zero-order valence-corrected chi connectivity index (χ0v) is 18.5. The van der Waals surface area contributed by atoms with E-state index in [0.717, 1.165) is 23.3 Å². The average molecular weight is 492 g/mol. The molecule has 1 heterocycles. The minimum Gasteiger partial charge on any atom is -0.472 e. The van der Waals surface area contributed by atoms with Crippen LogP contribution in [0.25, 0.3) is 0 Å². The lowest BCUT2D eigenvalue weighted by molar-refractivity contribution is -0.119. The Labute approximate surface area is 186 Å². The molecule has 0 fully saturated rings. The Kier molecular flexibility index (Phi) is 7.17. The molecule has 3 aromatic rings. The van der Waals surface area contributed by atoms with Crippen molar-refractivity contribution in [1.29, 1.82) is 0 Å². The minimum atomic E-state index is -0.736. The number of halogens is 3. The number of carbonyl (C=O) groups is 1. The Bertz CT molecular complexity index is 1180. The third-order valence-electron chi connectivity index (χ3n) is 4.53. The van der Waals surface area contributed by atoms with Crippen LogP contribution in [0.3, 0.4) is 0 Å². The van der Waals surface area contributed by atoms with Crippen molar-refractivity contribution in [1.82, 2.24) is 14.9 Å². The van der Waals surface area contributed by atoms with E-state index < -0.39 is 11.6 Å². The Balaban J connectivity index is 1.79. The second-order valence-corrected chi connectivity index (χ2v) is 7.72. The van der Waals surface area contributed by atoms with E-state index in [1.165, 1.54) is 17.6 Å². The molecule has 0 atom stereocenters. The third kappa shape index (κ3) is 5.75. The van der Waals surface area contributed by atoms with Gasteiger partial charge in [-0.15, -0.1) is 0 Å². The lowest BCUT2D eigenvalue weighted by Crippen LogP contribution is -2.26. The summed E-state index contributed by atoms with van der Waals surface area (Å²) in [5.74, 6) is -1.10. The van der Waals surface area contributed by atoms with Crippen molar-refractivity contribution in [2.24, 2.45) is 0 Å². The molecule has 0 saturated carbocycles. The second kappa shape index (κ2) is 9.82. The minimum absolute atomic E-state index is 0.0295. The summed E-state index contributed by atoms with van der Waals surface area (Å²) in [7, 11) is 0. The van der Waals surface area contributed by atoms with Gasteiger partial charge in [0.15, 0.2) is 0 Å². The normalized spacial score (nSPS) is 10.7. The van der Waals surface area contributed by atoms with Crippen LogP contribution in [0.2, 0.25) is 0 Å². The molecule has 3 rings (SSSR count). The van der Waals surface area contributed by atoms with E-state index in [1.807, 2.05) is 24.3 Å². The highest BCUT2D eigenvalue weighted by Crippen LogP contribution is 2.21. The highest BCUT2D eigenvalue weighted by atomic mass is 79.9. The zero-order valence-electron chi connectivity index (χ0n) is 16.9. The summed E-state index contributed by atoms with van der Waals surface area (Å²) < 4.78 is 33.9. The molecular weight excluding hydrogens is 472 g/mol. The Morgan fingerprint density at radius 1 is 1.19 bits per heavy atom. The summed E-state index contributed by atoms with van der Waals surface area (Å²) in [6.07, 6.45) is 0. The number of aromatic nitrogens is 2. The number of amides is 1. The molecule has 9 heteroatoms. The van der Waals surface area contributed by atoms with Crippen LogP contribution in [-0.4, -0.2) is 15.5 Å². The number of nitrogens with one attached hydrogen (secondary N) is 1. The first-order valence-electron chi connectivity index (χ1n) is 9.40. The first-order chi connectivity index (χ1) is 14.7. The summed E-state index contributed by atoms with van der Waals surface area (Å²) in [4.78, 5) is 28.3. The average Bonchev–Trinajstić information content (AvgIpc) is 2.72. The number of carbonyl (C=O) groups excluding carboxylic acids is 1. The van der Waals surface area contributed by atoms with Crippen molar-refractivity contribution in [3.63, 3.8) is 0 Å². The predicted octanol–water partition coefficient (Wildman–Crippen LogP) is 3.86. The molecule has 2 aromatic carbocycles. The van der Waals surface area contributed by atoms with Gasteiger partial charge in [0.05, 0.1) is 6.54 Å². The molecule has 1 amide bonds. The van der Waals surface area contributed by atoms with Crippen LogP contribution in [0, 0.1) is 18.6 Å². The molecule has 31 heavy (non-hydrogen) atoms. The molecule has 0 radical (unpaired) electrons. The molecule has 0 unspecified atom stereocenters. The highest BCUT2D eigenvalue weighted by molar-refractivity contribution is 9.10. The van der Waals surface area contributed by atoms with Crippen molar-refractivity contribution < 1.29 is 18.3 Å². The molecule has 0 aliphatic heterocycles. The van der Waals surface area contributed by atoms with E-state index in [1.54, 1.807) is 6.92 Å². The maximum Gasteiger partial charge on any atom is 0.272 e. The molecule has 162 valence electrons. The fraction of sp³-hybridized carbons (Fsp3) is 0.227. The van der Waals surface area contributed by atoms with Gasteiger partial charge in [0, 0.05) is 25.1 Å². The van der Waals surface area contributed by atoms with Gasteiger partial charge in [0.1, 0.15) is 28.5 Å². The Morgan fingerprint density at radius 3 is 2.65 bits per heavy atom. The molecule has 0 bridgehead atoms. The summed E-state index contributed by atoms with van der Waals surface area (Å²) in [6, 6.07) is 10.7. The summed E-state index contributed by atoms with van der Waals surface area (Å²) in [6.45, 7) is 3.58. The van der Waals surface area contributed by atoms with E-state index in [9.17, 15) is 18.4 Å². The van der Waals surface area contributed by atoms with Crippen LogP contribution in [0.15, 0.2) is 51.7 Å². The van der Waals surface area contributed by atoms with Crippen LogP contribution < -0.4 is 15.6 Å². The van der Waals surface area contributed by atoms with Crippen LogP contribution >= 0.6 is 15.9 Å². The number of hydrogen-bond acceptors (Lipinski definition) is 4. The molecule has 1 N–H and O–H groups in total. The third-order valence-corrected chi connectivity index (χ3v) is 5.21. The van der Waals surface area contributed by atoms with Crippen molar-refractivity contribution in [3.05, 3.63) is 91.4 Å². The Morgan fingerprint density at radius 2 is 1.94 bits per heavy atom. The molecule has 0 saturated heterocycles. The van der Waals surface area contributed by atoms with E-state index in [0.29, 0.717) is 12.4 Å². The van der Waals surface area contributed by atoms with Gasteiger partial charge in [-0.3, -0.25) is 14.2 Å². The van der Waals surface area contributed by atoms with Crippen LogP contribution in [0.4, 0.5) is 8.78 Å². The highest BCUT2D eigenvalue weighted by Gasteiger charge is 2.15. The fourth-order valence-electron chi connectivity index (χ4n) is 2.93. The van der Waals surface area contributed by atoms with Crippen LogP contribution in [-0.2, 0) is 24.5 Å². The van der Waals surface area contributed by atoms with E-state index in [4.69, 9.17) is 4.74 Å². The van der Waals surface area contributed by atoms with Gasteiger partial charge < -0.3 is 10.1 Å². The van der Waals surface area contributed by atoms with E-state index in [2.05, 4.69) is 26.2 Å². The van der Waals surface area contributed by atoms with E-state index in [-0.39, 0.29) is 40.5 Å². The summed E-state index contributed by atoms with van der Waals surface area (Å²) >= 11 is 3.22. The van der Waals surface area contributed by atoms with Crippen LogP contribution in [0.5, 0.6) is 5.88 Å². The number of ether oxygens (including phenoxy) is 1. The lowest BCUT2D eigenvalue weighted by atomic mass is 10.1. The number of hydrogen-bond donors (Lipinski definition) is 1. The number of aryl methyl sites for hydroxylation is 1. The number of benzene rings is 2. The van der Waals surface area contributed by atoms with Crippen molar-refractivity contribution >= 4 is 21.8 Å². The monoisotopic (exact) mass is 491 g/mol. The predicted molar refractivity (Wildman–Crippen MR) is 115 cm³/mol. The van der Waals surface area contributed by atoms with Crippen molar-refractivity contribution in [2.45, 2.75) is 33.5 Å². The molecule has 1 aromatic heterocycles. The molecule has 6 nitrogen and oxygen atoms in total. The maximum atomic E-state index is 13.8. The quantitative estimate of drug-likeness (QED) is 0.544. The first kappa shape index (κ1) is 22.6. The van der Waals surface area contributed by atoms with E-state index >= 15 is 0 Å². The van der Waals surface area contributed by atoms with Gasteiger partial charge in [-0.05, 0) is 46.1 Å². The SMILES string of the molecule is CC(=O)NCc1cccc(Cn2c(C)nc(OCc3ccc(F)cc3F)c(Br)c2=O)c1. The number of rotatable bonds is 7. The van der Waals surface area contributed by atoms with Crippen LogP contribution in [0.1, 0.15) is 29.4 Å². The summed E-state index contributed by atoms with van der Waals surface area (Å²) in [5, 5.41) is 2.74. The first-order valence-corrected chi connectivity index (χ1v) is 10.2. The standard InChI is InChI=1S/C22H20BrF2N3O3/c1-13-27-21(31-12-17-6-7-18(24)9-19(17)25)20(23)22(30)28(13)11-16-5-3-4-15(8-16)10-26-14(2)29/h3-9H,10-12H2,1-2H3,(H,26,29). The molecule has 0 aliphatic carbocycles. The molecular formula is C22H20BrF2N3O3. The van der Waals surface area contributed by atoms with Crippen molar-refractivity contribution in [2.75, 3.05) is 0 Å². The zero-order chi connectivity index (χ0) is 22.5. The largest absolute Gasteiger partial charge is 0.472 e. The van der Waals surface area contributed by atoms with Gasteiger partial charge in [-0.25, -0.2) is 8.78 Å². The van der Waals surface area contributed by atoms with Gasteiger partial charge in [0.2, 0.25) is 11.8 Å². The topological polar surface area (TPSA) is 73.2 Å². The fourth-order valence-corrected chi connectivity index (χ4v) is 3.34. The smallest absolute Gasteiger partial charge is 0.272 e. The van der Waals surface area contributed by atoms with Gasteiger partial charge >= 0.3 is 0 Å². The second-order valence-electron chi connectivity index (χ2n) is 6.92. The van der Waals surface area contributed by atoms with Crippen molar-refractivity contribution in [3.8, 4) is 5.88 Å². The van der Waals surface area contributed by atoms with Gasteiger partial charge in [-0.1, -0.05) is 24.3 Å². The molecule has 0 spiro atoms. The van der Waals surface area contributed by atoms with Gasteiger partial charge in [0.25, 0.3) is 5.56 Å². The maximum absolute atomic E-state index is 13.8. The lowest BCUT2D eigenvalue weighted by Gasteiger charge is -2.14. The summed E-state index contributed by atoms with van der Waals surface area (Å²) in [5.41, 5.74) is 1.57.